The van der Waals surface area contributed by atoms with Gasteiger partial charge in [-0.3, -0.25) is 19.2 Å². The molecule has 2 fully saturated rings. The highest BCUT2D eigenvalue weighted by Gasteiger charge is 2.36. The smallest absolute Gasteiger partial charge is 0.405 e. The number of alkyl halides is 3. The molecule has 13 heteroatoms. The lowest BCUT2D eigenvalue weighted by molar-refractivity contribution is -0.141. The number of nitrogens with zero attached hydrogens (tertiary/aromatic N) is 2. The highest BCUT2D eigenvalue weighted by molar-refractivity contribution is 5.94. The van der Waals surface area contributed by atoms with E-state index in [2.05, 4.69) is 15.5 Å². The molecule has 0 aromatic heterocycles. The minimum atomic E-state index is -4.65. The van der Waals surface area contributed by atoms with Crippen LogP contribution in [0.4, 0.5) is 13.2 Å². The number of likely N-dealkylation sites (tertiary alicyclic amines) is 2. The van der Waals surface area contributed by atoms with Gasteiger partial charge in [-0.15, -0.1) is 0 Å². The summed E-state index contributed by atoms with van der Waals surface area (Å²) >= 11 is 0. The van der Waals surface area contributed by atoms with Crippen molar-refractivity contribution in [3.63, 3.8) is 0 Å². The van der Waals surface area contributed by atoms with Gasteiger partial charge in [-0.1, -0.05) is 30.7 Å². The number of halogens is 3. The Hall–Kier alpha value is -4.13. The summed E-state index contributed by atoms with van der Waals surface area (Å²) in [4.78, 5) is 57.5. The van der Waals surface area contributed by atoms with Crippen molar-refractivity contribution in [2.75, 3.05) is 32.7 Å². The zero-order valence-electron chi connectivity index (χ0n) is 25.6. The molecule has 0 saturated carbocycles. The molecule has 0 unspecified atom stereocenters. The van der Waals surface area contributed by atoms with E-state index < -0.39 is 48.6 Å². The molecule has 0 aliphatic carbocycles. The third-order valence-corrected chi connectivity index (χ3v) is 8.60. The number of hydrogen-bond donors (Lipinski definition) is 3. The summed E-state index contributed by atoms with van der Waals surface area (Å²) in [5, 5.41) is 7.36. The minimum absolute atomic E-state index is 0.121. The number of ether oxygens (including phenoxy) is 1. The van der Waals surface area contributed by atoms with Crippen LogP contribution in [0.25, 0.3) is 0 Å². The van der Waals surface area contributed by atoms with E-state index in [0.717, 1.165) is 37.9 Å². The topological polar surface area (TPSA) is 120 Å². The van der Waals surface area contributed by atoms with Gasteiger partial charge >= 0.3 is 6.18 Å². The second kappa shape index (κ2) is 15.0. The number of benzene rings is 2. The Morgan fingerprint density at radius 2 is 1.54 bits per heavy atom. The average molecular weight is 644 g/mol. The molecular formula is C33H40F3N5O5. The van der Waals surface area contributed by atoms with Gasteiger partial charge in [-0.2, -0.15) is 13.2 Å². The van der Waals surface area contributed by atoms with Crippen LogP contribution in [0.3, 0.4) is 0 Å². The molecule has 3 aliphatic rings. The first-order valence-corrected chi connectivity index (χ1v) is 15.9. The van der Waals surface area contributed by atoms with Crippen LogP contribution in [0.15, 0.2) is 48.5 Å². The molecule has 248 valence electrons. The van der Waals surface area contributed by atoms with Gasteiger partial charge < -0.3 is 30.5 Å². The molecule has 4 amide bonds. The van der Waals surface area contributed by atoms with Crippen LogP contribution in [0, 0.1) is 0 Å². The molecule has 3 atom stereocenters. The van der Waals surface area contributed by atoms with Gasteiger partial charge in [0.25, 0.3) is 0 Å². The van der Waals surface area contributed by atoms with Gasteiger partial charge in [0.05, 0.1) is 0 Å². The van der Waals surface area contributed by atoms with Crippen molar-refractivity contribution in [1.29, 1.82) is 0 Å². The SMILES string of the molecule is O=C(NCC(F)(F)F)[C@@H]1Cc2cccc(c2)Oc2cccc(c2)C[C@H](N2CCCC2=O)C(=O)N[C@@H](CCN2CCCCC2)C(=O)N1. The maximum atomic E-state index is 14.0. The first kappa shape index (κ1) is 33.2. The first-order valence-electron chi connectivity index (χ1n) is 15.9. The molecule has 0 spiro atoms. The van der Waals surface area contributed by atoms with Crippen LogP contribution in [0.5, 0.6) is 11.5 Å². The third-order valence-electron chi connectivity index (χ3n) is 8.60. The molecule has 3 aliphatic heterocycles. The summed E-state index contributed by atoms with van der Waals surface area (Å²) in [7, 11) is 0. The lowest BCUT2D eigenvalue weighted by Crippen LogP contribution is -2.58. The zero-order chi connectivity index (χ0) is 32.7. The lowest BCUT2D eigenvalue weighted by atomic mass is 10.0. The molecule has 2 aromatic rings. The number of rotatable bonds is 6. The van der Waals surface area contributed by atoms with Crippen molar-refractivity contribution in [2.45, 2.75) is 75.7 Å². The molecule has 4 bridgehead atoms. The Morgan fingerprint density at radius 3 is 2.17 bits per heavy atom. The van der Waals surface area contributed by atoms with E-state index in [9.17, 15) is 32.3 Å². The second-order valence-corrected chi connectivity index (χ2v) is 12.2. The fraction of sp³-hybridized carbons (Fsp3) is 0.515. The van der Waals surface area contributed by atoms with Crippen LogP contribution in [0.1, 0.15) is 49.7 Å². The number of amides is 4. The summed E-state index contributed by atoms with van der Waals surface area (Å²) in [6.45, 7) is 1.04. The van der Waals surface area contributed by atoms with E-state index in [1.54, 1.807) is 42.5 Å². The predicted molar refractivity (Wildman–Crippen MR) is 163 cm³/mol. The van der Waals surface area contributed by atoms with Gasteiger partial charge in [0.15, 0.2) is 0 Å². The Morgan fingerprint density at radius 1 is 0.870 bits per heavy atom. The maximum Gasteiger partial charge on any atom is 0.405 e. The van der Waals surface area contributed by atoms with Crippen molar-refractivity contribution >= 4 is 23.6 Å². The second-order valence-electron chi connectivity index (χ2n) is 12.2. The average Bonchev–Trinajstić information content (AvgIpc) is 3.45. The molecule has 3 N–H and O–H groups in total. The lowest BCUT2D eigenvalue weighted by Gasteiger charge is -2.31. The van der Waals surface area contributed by atoms with Crippen LogP contribution < -0.4 is 20.7 Å². The molecule has 2 aromatic carbocycles. The van der Waals surface area contributed by atoms with Crippen molar-refractivity contribution in [1.82, 2.24) is 25.8 Å². The number of carbonyl (C=O) groups is 4. The van der Waals surface area contributed by atoms with Gasteiger partial charge in [-0.25, -0.2) is 0 Å². The van der Waals surface area contributed by atoms with Gasteiger partial charge in [0.1, 0.15) is 36.2 Å². The van der Waals surface area contributed by atoms with Crippen molar-refractivity contribution in [3.8, 4) is 11.5 Å². The predicted octanol–water partition coefficient (Wildman–Crippen LogP) is 3.09. The maximum absolute atomic E-state index is 14.0. The quantitative estimate of drug-likeness (QED) is 0.445. The number of hydrogen-bond acceptors (Lipinski definition) is 6. The summed E-state index contributed by atoms with van der Waals surface area (Å²) in [6, 6.07) is 10.5. The van der Waals surface area contributed by atoms with Crippen LogP contribution in [-0.4, -0.2) is 90.5 Å². The summed E-state index contributed by atoms with van der Waals surface area (Å²) in [6.07, 6.45) is -0.294. The zero-order valence-corrected chi connectivity index (χ0v) is 25.6. The molecule has 3 heterocycles. The number of fused-ring (bicyclic) bond motifs is 4. The summed E-state index contributed by atoms with van der Waals surface area (Å²) < 4.78 is 45.1. The van der Waals surface area contributed by atoms with Crippen molar-refractivity contribution in [3.05, 3.63) is 59.7 Å². The summed E-state index contributed by atoms with van der Waals surface area (Å²) in [5.41, 5.74) is 1.31. The fourth-order valence-electron chi connectivity index (χ4n) is 6.23. The fourth-order valence-corrected chi connectivity index (χ4v) is 6.23. The first-order chi connectivity index (χ1) is 22.0. The van der Waals surface area contributed by atoms with Crippen molar-refractivity contribution in [2.24, 2.45) is 0 Å². The van der Waals surface area contributed by atoms with Gasteiger partial charge in [-0.05, 0) is 74.2 Å². The molecule has 0 radical (unpaired) electrons. The molecule has 5 rings (SSSR count). The standard InChI is InChI=1S/C33H40F3N5O5/c34-33(35,36)21-37-30(43)27-19-22-7-4-9-24(17-22)46-25-10-5-8-23(18-25)20-28(41-15-6-11-29(41)42)32(45)38-26(31(44)39-27)12-16-40-13-2-1-3-14-40/h4-5,7-10,17-18,26-28H,1-3,6,11-16,19-21H2,(H,37,43)(H,38,45)(H,39,44)/t26-,27-,28-/m0/s1. The molecule has 46 heavy (non-hydrogen) atoms. The highest BCUT2D eigenvalue weighted by atomic mass is 19.4. The molecule has 2 saturated heterocycles. The van der Waals surface area contributed by atoms with Crippen LogP contribution >= 0.6 is 0 Å². The third kappa shape index (κ3) is 9.21. The van der Waals surface area contributed by atoms with E-state index >= 15 is 0 Å². The van der Waals surface area contributed by atoms with Gasteiger partial charge in [0, 0.05) is 32.4 Å². The Bertz CT molecular complexity index is 1410. The van der Waals surface area contributed by atoms with E-state index in [4.69, 9.17) is 4.74 Å². The van der Waals surface area contributed by atoms with Crippen LogP contribution in [0.2, 0.25) is 0 Å². The number of nitrogens with one attached hydrogen (secondary N) is 3. The van der Waals surface area contributed by atoms with E-state index in [0.29, 0.717) is 43.0 Å². The highest BCUT2D eigenvalue weighted by Crippen LogP contribution is 2.26. The summed E-state index contributed by atoms with van der Waals surface area (Å²) in [5.74, 6) is -1.46. The van der Waals surface area contributed by atoms with Gasteiger partial charge in [0.2, 0.25) is 23.6 Å². The van der Waals surface area contributed by atoms with Crippen molar-refractivity contribution < 1.29 is 37.1 Å². The van der Waals surface area contributed by atoms with Crippen LogP contribution in [-0.2, 0) is 32.0 Å². The number of carbonyl (C=O) groups excluding carboxylic acids is 4. The normalized spacial score (nSPS) is 23.3. The van der Waals surface area contributed by atoms with E-state index in [-0.39, 0.29) is 25.2 Å². The minimum Gasteiger partial charge on any atom is -0.457 e. The largest absolute Gasteiger partial charge is 0.457 e. The Kier molecular flexibility index (Phi) is 10.8. The Balaban J connectivity index is 1.49. The van der Waals surface area contributed by atoms with E-state index in [1.807, 2.05) is 11.4 Å². The Labute approximate surface area is 266 Å². The molecular weight excluding hydrogens is 603 g/mol. The van der Waals surface area contributed by atoms with E-state index in [1.165, 1.54) is 4.90 Å². The number of piperidine rings is 1. The monoisotopic (exact) mass is 643 g/mol. The molecule has 10 nitrogen and oxygen atoms in total.